The molecule has 0 atom stereocenters. The summed E-state index contributed by atoms with van der Waals surface area (Å²) >= 11 is 3.36. The highest BCUT2D eigenvalue weighted by atomic mass is 79.9. The summed E-state index contributed by atoms with van der Waals surface area (Å²) in [5, 5.41) is 10.7. The summed E-state index contributed by atoms with van der Waals surface area (Å²) < 4.78 is 16.2. The molecule has 7 nitrogen and oxygen atoms in total. The molecule has 0 aliphatic carbocycles. The fourth-order valence-electron chi connectivity index (χ4n) is 3.32. The van der Waals surface area contributed by atoms with Crippen molar-refractivity contribution in [2.24, 2.45) is 0 Å². The molecule has 0 saturated heterocycles. The van der Waals surface area contributed by atoms with E-state index in [0.717, 1.165) is 10.9 Å². The van der Waals surface area contributed by atoms with E-state index in [1.807, 2.05) is 26.0 Å². The number of fused-ring (bicyclic) bond motifs is 1. The number of carbonyl (C=O) groups is 1. The smallest absolute Gasteiger partial charge is 0.260 e. The molecule has 158 valence electrons. The lowest BCUT2D eigenvalue weighted by molar-refractivity contribution is 0.0942. The average molecular weight is 484 g/mol. The minimum atomic E-state index is -0.530. The van der Waals surface area contributed by atoms with Gasteiger partial charge in [-0.3, -0.25) is 19.7 Å². The second-order valence-electron chi connectivity index (χ2n) is 7.47. The van der Waals surface area contributed by atoms with Crippen molar-refractivity contribution in [1.82, 2.24) is 25.1 Å². The fourth-order valence-corrected chi connectivity index (χ4v) is 3.74. The van der Waals surface area contributed by atoms with Crippen molar-refractivity contribution in [3.05, 3.63) is 80.8 Å². The van der Waals surface area contributed by atoms with Crippen LogP contribution >= 0.6 is 15.9 Å². The Labute approximate surface area is 185 Å². The van der Waals surface area contributed by atoms with Gasteiger partial charge in [-0.05, 0) is 71.1 Å². The maximum atomic E-state index is 14.1. The third kappa shape index (κ3) is 4.41. The quantitative estimate of drug-likeness (QED) is 0.450. The van der Waals surface area contributed by atoms with Crippen LogP contribution in [0, 0.1) is 5.82 Å². The van der Waals surface area contributed by atoms with Crippen LogP contribution in [-0.4, -0.2) is 31.7 Å². The van der Waals surface area contributed by atoms with Crippen LogP contribution in [0.2, 0.25) is 0 Å². The van der Waals surface area contributed by atoms with E-state index < -0.39 is 5.82 Å². The van der Waals surface area contributed by atoms with Crippen molar-refractivity contribution >= 4 is 32.6 Å². The van der Waals surface area contributed by atoms with Gasteiger partial charge in [-0.2, -0.15) is 5.10 Å². The van der Waals surface area contributed by atoms with Gasteiger partial charge in [0.1, 0.15) is 10.4 Å². The fraction of sp³-hybridized carbons (Fsp3) is 0.182. The maximum absolute atomic E-state index is 14.1. The number of pyridine rings is 2. The van der Waals surface area contributed by atoms with Crippen LogP contribution in [0.4, 0.5) is 4.39 Å². The number of hydrogen-bond acceptors (Lipinski definition) is 4. The van der Waals surface area contributed by atoms with E-state index in [1.165, 1.54) is 22.9 Å². The minimum absolute atomic E-state index is 0.0672. The second-order valence-corrected chi connectivity index (χ2v) is 8.22. The van der Waals surface area contributed by atoms with Crippen molar-refractivity contribution in [2.75, 3.05) is 0 Å². The molecule has 0 unspecified atom stereocenters. The van der Waals surface area contributed by atoms with Gasteiger partial charge >= 0.3 is 0 Å². The summed E-state index contributed by atoms with van der Waals surface area (Å²) in [5.74, 6) is -0.888. The summed E-state index contributed by atoms with van der Waals surface area (Å²) in [6, 6.07) is 7.65. The highest BCUT2D eigenvalue weighted by Gasteiger charge is 2.13. The number of amides is 1. The lowest BCUT2D eigenvalue weighted by atomic mass is 10.1. The number of halogens is 2. The minimum Gasteiger partial charge on any atom is -0.350 e. The predicted octanol–water partition coefficient (Wildman–Crippen LogP) is 3.87. The summed E-state index contributed by atoms with van der Waals surface area (Å²) in [7, 11) is 0. The van der Waals surface area contributed by atoms with Gasteiger partial charge in [0.15, 0.2) is 0 Å². The molecular weight excluding hydrogens is 465 g/mol. The van der Waals surface area contributed by atoms with Gasteiger partial charge in [0, 0.05) is 30.2 Å². The largest absolute Gasteiger partial charge is 0.350 e. The molecule has 3 aromatic heterocycles. The summed E-state index contributed by atoms with van der Waals surface area (Å²) in [6.45, 7) is 3.79. The molecule has 0 bridgehead atoms. The molecule has 3 heterocycles. The molecule has 31 heavy (non-hydrogen) atoms. The number of aromatic nitrogens is 4. The normalized spacial score (nSPS) is 11.3. The third-order valence-electron chi connectivity index (χ3n) is 4.72. The molecule has 1 amide bonds. The predicted molar refractivity (Wildman–Crippen MR) is 119 cm³/mol. The van der Waals surface area contributed by atoms with Gasteiger partial charge < -0.3 is 9.88 Å². The van der Waals surface area contributed by atoms with Crippen molar-refractivity contribution in [3.8, 4) is 11.3 Å². The average Bonchev–Trinajstić information content (AvgIpc) is 3.15. The molecule has 9 heteroatoms. The second kappa shape index (κ2) is 8.43. The van der Waals surface area contributed by atoms with E-state index in [-0.39, 0.29) is 29.6 Å². The zero-order valence-corrected chi connectivity index (χ0v) is 18.4. The molecule has 0 aliphatic heterocycles. The molecule has 0 saturated carbocycles. The monoisotopic (exact) mass is 483 g/mol. The topological polar surface area (TPSA) is 92.7 Å². The van der Waals surface area contributed by atoms with Gasteiger partial charge in [-0.1, -0.05) is 0 Å². The van der Waals surface area contributed by atoms with E-state index in [4.69, 9.17) is 0 Å². The number of carbonyl (C=O) groups excluding carboxylic acids is 1. The zero-order chi connectivity index (χ0) is 22.1. The number of rotatable bonds is 5. The van der Waals surface area contributed by atoms with Gasteiger partial charge in [0.2, 0.25) is 0 Å². The Balaban J connectivity index is 1.67. The number of nitrogens with zero attached hydrogens (tertiary/aromatic N) is 3. The molecule has 0 aliphatic rings. The van der Waals surface area contributed by atoms with Crippen molar-refractivity contribution in [1.29, 1.82) is 0 Å². The van der Waals surface area contributed by atoms with Gasteiger partial charge in [0.25, 0.3) is 11.5 Å². The Hall–Kier alpha value is -3.33. The summed E-state index contributed by atoms with van der Waals surface area (Å²) in [4.78, 5) is 29.6. The lowest BCUT2D eigenvalue weighted by Gasteiger charge is -2.11. The Morgan fingerprint density at radius 2 is 2.10 bits per heavy atom. The van der Waals surface area contributed by atoms with Crippen molar-refractivity contribution < 1.29 is 9.18 Å². The van der Waals surface area contributed by atoms with Crippen molar-refractivity contribution in [2.45, 2.75) is 26.4 Å². The Morgan fingerprint density at radius 3 is 2.81 bits per heavy atom. The molecule has 0 radical (unpaired) electrons. The van der Waals surface area contributed by atoms with E-state index >= 15 is 0 Å². The SMILES string of the molecule is CC(C)NC(=O)c1cc(F)cc(Cn2ccc3cc(-c4c[nH]nc4Br)ncc3c2=O)c1. The van der Waals surface area contributed by atoms with Crippen LogP contribution in [0.1, 0.15) is 29.8 Å². The lowest BCUT2D eigenvalue weighted by Crippen LogP contribution is -2.30. The van der Waals surface area contributed by atoms with Gasteiger partial charge in [-0.15, -0.1) is 0 Å². The zero-order valence-electron chi connectivity index (χ0n) is 16.8. The number of hydrogen-bond donors (Lipinski definition) is 2. The highest BCUT2D eigenvalue weighted by molar-refractivity contribution is 9.10. The van der Waals surface area contributed by atoms with E-state index in [0.29, 0.717) is 21.2 Å². The number of aromatic amines is 1. The highest BCUT2D eigenvalue weighted by Crippen LogP contribution is 2.26. The number of H-pyrrole nitrogens is 1. The third-order valence-corrected chi connectivity index (χ3v) is 5.33. The molecule has 4 rings (SSSR count). The first kappa shape index (κ1) is 20.9. The van der Waals surface area contributed by atoms with Crippen LogP contribution in [0.15, 0.2) is 58.3 Å². The molecule has 4 aromatic rings. The van der Waals surface area contributed by atoms with Crippen molar-refractivity contribution in [3.63, 3.8) is 0 Å². The summed E-state index contributed by atoms with van der Waals surface area (Å²) in [5.41, 5.74) is 1.95. The van der Waals surface area contributed by atoms with E-state index in [9.17, 15) is 14.0 Å². The molecule has 1 aromatic carbocycles. The first-order chi connectivity index (χ1) is 14.8. The molecule has 0 fully saturated rings. The Kier molecular flexibility index (Phi) is 5.69. The molecule has 2 N–H and O–H groups in total. The molecular formula is C22H19BrFN5O2. The molecule has 0 spiro atoms. The number of benzene rings is 1. The van der Waals surface area contributed by atoms with Crippen LogP contribution in [-0.2, 0) is 6.54 Å². The first-order valence-electron chi connectivity index (χ1n) is 9.61. The standard InChI is InChI=1S/C22H19BrFN5O2/c1-12(2)27-21(30)15-5-13(6-16(24)7-15)11-29-4-3-14-8-19(18-10-26-28-20(18)23)25-9-17(14)22(29)31/h3-10,12H,11H2,1-2H3,(H,26,28)(H,27,30). The Morgan fingerprint density at radius 1 is 1.29 bits per heavy atom. The van der Waals surface area contributed by atoms with Crippen LogP contribution in [0.25, 0.3) is 22.0 Å². The maximum Gasteiger partial charge on any atom is 0.260 e. The van der Waals surface area contributed by atoms with E-state index in [2.05, 4.69) is 36.4 Å². The number of nitrogens with one attached hydrogen (secondary N) is 2. The Bertz CT molecular complexity index is 1350. The first-order valence-corrected chi connectivity index (χ1v) is 10.4. The van der Waals surface area contributed by atoms with Gasteiger partial charge in [0.05, 0.1) is 23.2 Å². The van der Waals surface area contributed by atoms with Crippen LogP contribution in [0.3, 0.4) is 0 Å². The van der Waals surface area contributed by atoms with Gasteiger partial charge in [-0.25, -0.2) is 4.39 Å². The van der Waals surface area contributed by atoms with Crippen LogP contribution in [0.5, 0.6) is 0 Å². The van der Waals surface area contributed by atoms with Crippen LogP contribution < -0.4 is 10.9 Å². The summed E-state index contributed by atoms with van der Waals surface area (Å²) in [6.07, 6.45) is 4.89. The van der Waals surface area contributed by atoms with E-state index in [1.54, 1.807) is 18.5 Å².